The molecule has 1 aromatic heterocycles. The number of hydrogen-bond donors (Lipinski definition) is 0. The molecule has 0 spiro atoms. The highest BCUT2D eigenvalue weighted by atomic mass is 16.5. The number of aryl methyl sites for hydroxylation is 2. The lowest BCUT2D eigenvalue weighted by Crippen LogP contribution is -2.14. The van der Waals surface area contributed by atoms with Crippen LogP contribution in [0.4, 0.5) is 0 Å². The molecule has 0 aliphatic heterocycles. The summed E-state index contributed by atoms with van der Waals surface area (Å²) in [5.41, 5.74) is 0.530. The summed E-state index contributed by atoms with van der Waals surface area (Å²) in [4.78, 5) is 11.6. The Hall–Kier alpha value is -1.25. The van der Waals surface area contributed by atoms with Crippen molar-refractivity contribution in [3.63, 3.8) is 0 Å². The molecule has 78 valence electrons. The molecule has 0 saturated carbocycles. The number of carbonyl (C=O) groups is 1. The molecule has 0 fully saturated rings. The summed E-state index contributed by atoms with van der Waals surface area (Å²) in [5.74, 6) is 1.06. The maximum atomic E-state index is 11.6. The fourth-order valence-corrected chi connectivity index (χ4v) is 1.16. The summed E-state index contributed by atoms with van der Waals surface area (Å²) in [6.07, 6.45) is 0.777. The Balaban J connectivity index is 2.74. The van der Waals surface area contributed by atoms with Crippen LogP contribution in [0.15, 0.2) is 10.5 Å². The molecule has 3 nitrogen and oxygen atoms in total. The zero-order valence-electron chi connectivity index (χ0n) is 9.09. The second-order valence-corrected chi connectivity index (χ2v) is 3.45. The molecular formula is C11H16O3. The summed E-state index contributed by atoms with van der Waals surface area (Å²) in [7, 11) is 0. The van der Waals surface area contributed by atoms with Gasteiger partial charge in [0.1, 0.15) is 17.1 Å². The number of furan rings is 1. The molecule has 0 bridgehead atoms. The maximum Gasteiger partial charge on any atom is 0.341 e. The minimum Gasteiger partial charge on any atom is -0.466 e. The van der Waals surface area contributed by atoms with E-state index >= 15 is 0 Å². The second-order valence-electron chi connectivity index (χ2n) is 3.45. The van der Waals surface area contributed by atoms with Crippen molar-refractivity contribution in [2.45, 2.75) is 40.2 Å². The Labute approximate surface area is 84.1 Å². The summed E-state index contributed by atoms with van der Waals surface area (Å²) in [6, 6.07) is 1.71. The molecule has 1 rings (SSSR count). The molecule has 3 heteroatoms. The van der Waals surface area contributed by atoms with Crippen molar-refractivity contribution < 1.29 is 13.9 Å². The average molecular weight is 196 g/mol. The van der Waals surface area contributed by atoms with Crippen molar-refractivity contribution in [1.82, 2.24) is 0 Å². The molecule has 0 aliphatic carbocycles. The maximum absolute atomic E-state index is 11.6. The van der Waals surface area contributed by atoms with E-state index in [1.807, 2.05) is 20.8 Å². The van der Waals surface area contributed by atoms with Crippen LogP contribution in [-0.4, -0.2) is 12.1 Å². The SMILES string of the molecule is CCC(C)OC(=O)c1cc(C)oc1C. The van der Waals surface area contributed by atoms with Crippen LogP contribution < -0.4 is 0 Å². The summed E-state index contributed by atoms with van der Waals surface area (Å²) < 4.78 is 10.4. The molecular weight excluding hydrogens is 180 g/mol. The predicted octanol–water partition coefficient (Wildman–Crippen LogP) is 2.85. The van der Waals surface area contributed by atoms with Gasteiger partial charge in [-0.25, -0.2) is 4.79 Å². The van der Waals surface area contributed by atoms with E-state index in [0.29, 0.717) is 11.3 Å². The van der Waals surface area contributed by atoms with E-state index in [1.54, 1.807) is 13.0 Å². The largest absolute Gasteiger partial charge is 0.466 e. The van der Waals surface area contributed by atoms with Crippen LogP contribution >= 0.6 is 0 Å². The lowest BCUT2D eigenvalue weighted by Gasteiger charge is -2.09. The van der Waals surface area contributed by atoms with Gasteiger partial charge < -0.3 is 9.15 Å². The Morgan fingerprint density at radius 3 is 2.64 bits per heavy atom. The molecule has 0 aliphatic rings. The quantitative estimate of drug-likeness (QED) is 0.698. The highest BCUT2D eigenvalue weighted by Gasteiger charge is 2.16. The van der Waals surface area contributed by atoms with Crippen LogP contribution in [0.25, 0.3) is 0 Å². The molecule has 1 unspecified atom stereocenters. The van der Waals surface area contributed by atoms with Gasteiger partial charge in [0.05, 0.1) is 6.10 Å². The summed E-state index contributed by atoms with van der Waals surface area (Å²) in [5, 5.41) is 0. The molecule has 0 N–H and O–H groups in total. The Bertz CT molecular complexity index is 325. The lowest BCUT2D eigenvalue weighted by molar-refractivity contribution is 0.0332. The third-order valence-corrected chi connectivity index (χ3v) is 2.14. The topological polar surface area (TPSA) is 39.4 Å². The van der Waals surface area contributed by atoms with Crippen LogP contribution in [0.1, 0.15) is 42.1 Å². The van der Waals surface area contributed by atoms with Crippen LogP contribution in [0.3, 0.4) is 0 Å². The zero-order chi connectivity index (χ0) is 10.7. The van der Waals surface area contributed by atoms with E-state index in [-0.39, 0.29) is 12.1 Å². The first-order chi connectivity index (χ1) is 6.54. The van der Waals surface area contributed by atoms with E-state index in [2.05, 4.69) is 0 Å². The minimum atomic E-state index is -0.297. The lowest BCUT2D eigenvalue weighted by atomic mass is 10.2. The predicted molar refractivity (Wildman–Crippen MR) is 53.4 cm³/mol. The van der Waals surface area contributed by atoms with Gasteiger partial charge in [-0.15, -0.1) is 0 Å². The van der Waals surface area contributed by atoms with Crippen molar-refractivity contribution in [2.24, 2.45) is 0 Å². The molecule has 0 radical (unpaired) electrons. The monoisotopic (exact) mass is 196 g/mol. The number of esters is 1. The first-order valence-corrected chi connectivity index (χ1v) is 4.82. The number of ether oxygens (including phenoxy) is 1. The second kappa shape index (κ2) is 4.31. The van der Waals surface area contributed by atoms with Gasteiger partial charge in [0.15, 0.2) is 0 Å². The van der Waals surface area contributed by atoms with Crippen LogP contribution in [-0.2, 0) is 4.74 Å². The fraction of sp³-hybridized carbons (Fsp3) is 0.545. The van der Waals surface area contributed by atoms with Gasteiger partial charge in [0.25, 0.3) is 0 Å². The highest BCUT2D eigenvalue weighted by molar-refractivity contribution is 5.90. The van der Waals surface area contributed by atoms with Crippen molar-refractivity contribution in [3.8, 4) is 0 Å². The van der Waals surface area contributed by atoms with Gasteiger partial charge in [-0.05, 0) is 33.3 Å². The zero-order valence-corrected chi connectivity index (χ0v) is 9.09. The summed E-state index contributed by atoms with van der Waals surface area (Å²) in [6.45, 7) is 7.43. The van der Waals surface area contributed by atoms with E-state index in [4.69, 9.17) is 9.15 Å². The van der Waals surface area contributed by atoms with Gasteiger partial charge in [0, 0.05) is 0 Å². The Kier molecular flexibility index (Phi) is 3.33. The van der Waals surface area contributed by atoms with Gasteiger partial charge in [-0.3, -0.25) is 0 Å². The fourth-order valence-electron chi connectivity index (χ4n) is 1.16. The van der Waals surface area contributed by atoms with Crippen molar-refractivity contribution in [1.29, 1.82) is 0 Å². The van der Waals surface area contributed by atoms with Crippen molar-refractivity contribution >= 4 is 5.97 Å². The van der Waals surface area contributed by atoms with Gasteiger partial charge in [-0.1, -0.05) is 6.92 Å². The number of rotatable bonds is 3. The molecule has 0 amide bonds. The van der Waals surface area contributed by atoms with Crippen LogP contribution in [0, 0.1) is 13.8 Å². The summed E-state index contributed by atoms with van der Waals surface area (Å²) >= 11 is 0. The highest BCUT2D eigenvalue weighted by Crippen LogP contribution is 2.15. The normalized spacial score (nSPS) is 12.6. The van der Waals surface area contributed by atoms with E-state index < -0.39 is 0 Å². The molecule has 1 atom stereocenters. The van der Waals surface area contributed by atoms with Crippen molar-refractivity contribution in [2.75, 3.05) is 0 Å². The molecule has 0 aromatic carbocycles. The van der Waals surface area contributed by atoms with E-state index in [1.165, 1.54) is 0 Å². The third-order valence-electron chi connectivity index (χ3n) is 2.14. The average Bonchev–Trinajstić information content (AvgIpc) is 2.45. The molecule has 0 saturated heterocycles. The van der Waals surface area contributed by atoms with Gasteiger partial charge >= 0.3 is 5.97 Å². The van der Waals surface area contributed by atoms with Crippen LogP contribution in [0.5, 0.6) is 0 Å². The smallest absolute Gasteiger partial charge is 0.341 e. The van der Waals surface area contributed by atoms with E-state index in [0.717, 1.165) is 12.2 Å². The minimum absolute atomic E-state index is 0.0443. The Morgan fingerprint density at radius 2 is 2.21 bits per heavy atom. The number of hydrogen-bond acceptors (Lipinski definition) is 3. The molecule has 1 aromatic rings. The van der Waals surface area contributed by atoms with E-state index in [9.17, 15) is 4.79 Å². The standard InChI is InChI=1S/C11H16O3/c1-5-7(2)14-11(12)10-6-8(3)13-9(10)4/h6-7H,5H2,1-4H3. The Morgan fingerprint density at radius 1 is 1.57 bits per heavy atom. The molecule has 14 heavy (non-hydrogen) atoms. The third kappa shape index (κ3) is 2.37. The van der Waals surface area contributed by atoms with Gasteiger partial charge in [0.2, 0.25) is 0 Å². The van der Waals surface area contributed by atoms with Crippen molar-refractivity contribution in [3.05, 3.63) is 23.2 Å². The van der Waals surface area contributed by atoms with Gasteiger partial charge in [-0.2, -0.15) is 0 Å². The molecule has 1 heterocycles. The first kappa shape index (κ1) is 10.8. The first-order valence-electron chi connectivity index (χ1n) is 4.82. The van der Waals surface area contributed by atoms with Crippen LogP contribution in [0.2, 0.25) is 0 Å². The number of carbonyl (C=O) groups excluding carboxylic acids is 1.